The monoisotopic (exact) mass is 347 g/mol. The number of aliphatic hydroxyl groups excluding tert-OH is 1. The van der Waals surface area contributed by atoms with Crippen molar-refractivity contribution in [3.05, 3.63) is 58.5 Å². The van der Waals surface area contributed by atoms with E-state index in [1.54, 1.807) is 12.1 Å². The van der Waals surface area contributed by atoms with E-state index in [1.807, 2.05) is 18.2 Å². The van der Waals surface area contributed by atoms with Gasteiger partial charge in [-0.1, -0.05) is 18.2 Å². The van der Waals surface area contributed by atoms with Crippen LogP contribution in [0.1, 0.15) is 10.5 Å². The first kappa shape index (κ1) is 18.6. The Labute approximate surface area is 145 Å². The molecule has 0 aliphatic rings. The SMILES string of the molecule is COCCn1nc(C(=O)NC[C@@H](O)COc2ccccc2)ccc1=O. The van der Waals surface area contributed by atoms with Gasteiger partial charge in [0.05, 0.1) is 13.2 Å². The summed E-state index contributed by atoms with van der Waals surface area (Å²) in [6, 6.07) is 11.7. The van der Waals surface area contributed by atoms with Gasteiger partial charge in [0, 0.05) is 19.7 Å². The van der Waals surface area contributed by atoms with E-state index in [0.717, 1.165) is 4.68 Å². The van der Waals surface area contributed by atoms with Crippen LogP contribution in [0.3, 0.4) is 0 Å². The fourth-order valence-corrected chi connectivity index (χ4v) is 1.98. The summed E-state index contributed by atoms with van der Waals surface area (Å²) in [6.07, 6.45) is -0.872. The van der Waals surface area contributed by atoms with Gasteiger partial charge >= 0.3 is 0 Å². The van der Waals surface area contributed by atoms with E-state index in [9.17, 15) is 14.7 Å². The summed E-state index contributed by atoms with van der Waals surface area (Å²) in [7, 11) is 1.51. The third-order valence-corrected chi connectivity index (χ3v) is 3.29. The smallest absolute Gasteiger partial charge is 0.271 e. The molecule has 0 saturated carbocycles. The summed E-state index contributed by atoms with van der Waals surface area (Å²) < 4.78 is 11.5. The molecule has 134 valence electrons. The molecular weight excluding hydrogens is 326 g/mol. The minimum Gasteiger partial charge on any atom is -0.491 e. The second-order valence-corrected chi connectivity index (χ2v) is 5.26. The Bertz CT molecular complexity index is 733. The highest BCUT2D eigenvalue weighted by Gasteiger charge is 2.12. The molecule has 0 spiro atoms. The Balaban J connectivity index is 1.84. The number of aromatic nitrogens is 2. The lowest BCUT2D eigenvalue weighted by Crippen LogP contribution is -2.37. The number of benzene rings is 1. The molecule has 1 heterocycles. The summed E-state index contributed by atoms with van der Waals surface area (Å²) in [6.45, 7) is 0.618. The van der Waals surface area contributed by atoms with Crippen molar-refractivity contribution < 1.29 is 19.4 Å². The number of rotatable bonds is 9. The van der Waals surface area contributed by atoms with E-state index in [1.165, 1.54) is 19.2 Å². The fraction of sp³-hybridized carbons (Fsp3) is 0.353. The van der Waals surface area contributed by atoms with E-state index < -0.39 is 12.0 Å². The van der Waals surface area contributed by atoms with Gasteiger partial charge < -0.3 is 19.9 Å². The molecular formula is C17H21N3O5. The summed E-state index contributed by atoms with van der Waals surface area (Å²) in [5, 5.41) is 16.4. The zero-order valence-electron chi connectivity index (χ0n) is 13.9. The minimum absolute atomic E-state index is 0.00451. The lowest BCUT2D eigenvalue weighted by molar-refractivity contribution is 0.0837. The van der Waals surface area contributed by atoms with Crippen LogP contribution in [0.25, 0.3) is 0 Å². The van der Waals surface area contributed by atoms with E-state index in [2.05, 4.69) is 10.4 Å². The second kappa shape index (κ2) is 9.55. The Hall–Kier alpha value is -2.71. The average Bonchev–Trinajstić information content (AvgIpc) is 2.64. The number of methoxy groups -OCH3 is 1. The molecule has 0 saturated heterocycles. The van der Waals surface area contributed by atoms with Crippen LogP contribution in [-0.2, 0) is 11.3 Å². The number of amides is 1. The Morgan fingerprint density at radius 2 is 2.04 bits per heavy atom. The van der Waals surface area contributed by atoms with E-state index in [0.29, 0.717) is 12.4 Å². The van der Waals surface area contributed by atoms with Crippen molar-refractivity contribution in [2.24, 2.45) is 0 Å². The van der Waals surface area contributed by atoms with Crippen LogP contribution >= 0.6 is 0 Å². The Morgan fingerprint density at radius 3 is 2.76 bits per heavy atom. The first-order chi connectivity index (χ1) is 12.1. The van der Waals surface area contributed by atoms with Crippen LogP contribution in [-0.4, -0.2) is 53.8 Å². The van der Waals surface area contributed by atoms with Gasteiger partial charge in [-0.3, -0.25) is 9.59 Å². The van der Waals surface area contributed by atoms with Crippen LogP contribution in [0.5, 0.6) is 5.75 Å². The number of aliphatic hydroxyl groups is 1. The number of ether oxygens (including phenoxy) is 2. The molecule has 2 N–H and O–H groups in total. The number of hydrogen-bond acceptors (Lipinski definition) is 6. The van der Waals surface area contributed by atoms with Gasteiger partial charge in [-0.25, -0.2) is 4.68 Å². The van der Waals surface area contributed by atoms with Crippen LogP contribution in [0, 0.1) is 0 Å². The predicted molar refractivity (Wildman–Crippen MR) is 90.7 cm³/mol. The minimum atomic E-state index is -0.872. The zero-order chi connectivity index (χ0) is 18.1. The van der Waals surface area contributed by atoms with Gasteiger partial charge in [0.15, 0.2) is 0 Å². The number of nitrogens with zero attached hydrogens (tertiary/aromatic N) is 2. The molecule has 8 nitrogen and oxygen atoms in total. The van der Waals surface area contributed by atoms with Crippen molar-refractivity contribution in [1.82, 2.24) is 15.1 Å². The molecule has 0 unspecified atom stereocenters. The molecule has 2 rings (SSSR count). The molecule has 2 aromatic rings. The molecule has 0 fully saturated rings. The van der Waals surface area contributed by atoms with Gasteiger partial charge in [0.2, 0.25) is 0 Å². The molecule has 0 aliphatic carbocycles. The number of carbonyl (C=O) groups excluding carboxylic acids is 1. The van der Waals surface area contributed by atoms with E-state index in [4.69, 9.17) is 9.47 Å². The molecule has 25 heavy (non-hydrogen) atoms. The standard InChI is InChI=1S/C17H21N3O5/c1-24-10-9-20-16(22)8-7-15(19-20)17(23)18-11-13(21)12-25-14-5-3-2-4-6-14/h2-8,13,21H,9-12H2,1H3,(H,18,23)/t13-/m1/s1. The lowest BCUT2D eigenvalue weighted by Gasteiger charge is -2.13. The van der Waals surface area contributed by atoms with E-state index in [-0.39, 0.29) is 30.9 Å². The van der Waals surface area contributed by atoms with Gasteiger partial charge in [0.1, 0.15) is 24.2 Å². The van der Waals surface area contributed by atoms with Gasteiger partial charge in [-0.05, 0) is 18.2 Å². The molecule has 1 aromatic heterocycles. The van der Waals surface area contributed by atoms with Gasteiger partial charge in [-0.15, -0.1) is 0 Å². The van der Waals surface area contributed by atoms with Gasteiger partial charge in [-0.2, -0.15) is 5.10 Å². The van der Waals surface area contributed by atoms with Crippen molar-refractivity contribution >= 4 is 5.91 Å². The zero-order valence-corrected chi connectivity index (χ0v) is 13.9. The summed E-state index contributed by atoms with van der Waals surface area (Å²) >= 11 is 0. The summed E-state index contributed by atoms with van der Waals surface area (Å²) in [5.74, 6) is 0.157. The molecule has 8 heteroatoms. The Kier molecular flexibility index (Phi) is 7.12. The maximum atomic E-state index is 12.1. The molecule has 0 bridgehead atoms. The summed E-state index contributed by atoms with van der Waals surface area (Å²) in [4.78, 5) is 23.7. The molecule has 1 amide bonds. The quantitative estimate of drug-likeness (QED) is 0.665. The Morgan fingerprint density at radius 1 is 1.28 bits per heavy atom. The van der Waals surface area contributed by atoms with Crippen LogP contribution in [0.4, 0.5) is 0 Å². The fourth-order valence-electron chi connectivity index (χ4n) is 1.98. The lowest BCUT2D eigenvalue weighted by atomic mass is 10.3. The third kappa shape index (κ3) is 6.02. The summed E-state index contributed by atoms with van der Waals surface area (Å²) in [5.41, 5.74) is -0.225. The number of carbonyl (C=O) groups is 1. The van der Waals surface area contributed by atoms with Crippen molar-refractivity contribution in [1.29, 1.82) is 0 Å². The molecule has 1 aromatic carbocycles. The average molecular weight is 347 g/mol. The second-order valence-electron chi connectivity index (χ2n) is 5.26. The first-order valence-corrected chi connectivity index (χ1v) is 7.81. The molecule has 0 aliphatic heterocycles. The highest BCUT2D eigenvalue weighted by Crippen LogP contribution is 2.08. The van der Waals surface area contributed by atoms with E-state index >= 15 is 0 Å². The van der Waals surface area contributed by atoms with Crippen LogP contribution < -0.4 is 15.6 Å². The first-order valence-electron chi connectivity index (χ1n) is 7.81. The van der Waals surface area contributed by atoms with Crippen LogP contribution in [0.2, 0.25) is 0 Å². The molecule has 1 atom stereocenters. The van der Waals surface area contributed by atoms with Crippen molar-refractivity contribution in [2.75, 3.05) is 26.9 Å². The largest absolute Gasteiger partial charge is 0.491 e. The van der Waals surface area contributed by atoms with Crippen LogP contribution in [0.15, 0.2) is 47.3 Å². The van der Waals surface area contributed by atoms with Crippen molar-refractivity contribution in [3.8, 4) is 5.75 Å². The number of nitrogens with one attached hydrogen (secondary N) is 1. The maximum absolute atomic E-state index is 12.1. The molecule has 0 radical (unpaired) electrons. The van der Waals surface area contributed by atoms with Crippen molar-refractivity contribution in [3.63, 3.8) is 0 Å². The van der Waals surface area contributed by atoms with Gasteiger partial charge in [0.25, 0.3) is 11.5 Å². The third-order valence-electron chi connectivity index (χ3n) is 3.29. The van der Waals surface area contributed by atoms with Crippen molar-refractivity contribution in [2.45, 2.75) is 12.6 Å². The highest BCUT2D eigenvalue weighted by atomic mass is 16.5. The maximum Gasteiger partial charge on any atom is 0.271 e. The predicted octanol–water partition coefficient (Wildman–Crippen LogP) is 0.0594. The topological polar surface area (TPSA) is 103 Å². The normalized spacial score (nSPS) is 11.8. The highest BCUT2D eigenvalue weighted by molar-refractivity contribution is 5.91. The number of para-hydroxylation sites is 1. The number of hydrogen-bond donors (Lipinski definition) is 2.